The largest absolute Gasteiger partial charge is 0.298 e. The number of aromatic nitrogens is 1. The molecule has 0 fully saturated rings. The predicted octanol–water partition coefficient (Wildman–Crippen LogP) is 6.38. The lowest BCUT2D eigenvalue weighted by molar-refractivity contribution is 0.567. The summed E-state index contributed by atoms with van der Waals surface area (Å²) in [6, 6.07) is 0. The Hall–Kier alpha value is 0.940. The van der Waals surface area contributed by atoms with Crippen molar-refractivity contribution in [2.24, 2.45) is 0 Å². The Morgan fingerprint density at radius 3 is 1.83 bits per heavy atom. The minimum Gasteiger partial charge on any atom is -0.298 e. The summed E-state index contributed by atoms with van der Waals surface area (Å²) in [6.07, 6.45) is 0. The van der Waals surface area contributed by atoms with E-state index in [1.807, 2.05) is 0 Å². The molecule has 1 atom stereocenters. The molecular weight excluding hydrogens is 429 g/mol. The fourth-order valence-electron chi connectivity index (χ4n) is 1.58. The molecule has 0 bridgehead atoms. The van der Waals surface area contributed by atoms with Crippen LogP contribution >= 0.6 is 85.5 Å². The second-order valence-corrected chi connectivity index (χ2v) is 6.63. The number of quaternary nitrogens is 1. The van der Waals surface area contributed by atoms with Crippen LogP contribution < -0.4 is 4.48 Å². The molecule has 2 rings (SSSR count). The van der Waals surface area contributed by atoms with Crippen molar-refractivity contribution in [1.29, 1.82) is 0 Å². The molecule has 9 heteroatoms. The minimum absolute atomic E-state index is 0.0650. The zero-order chi connectivity index (χ0) is 13.8. The summed E-state index contributed by atoms with van der Waals surface area (Å²) in [4.78, 5) is 2.87. The number of rotatable bonds is 1. The third kappa shape index (κ3) is 1.95. The highest BCUT2D eigenvalue weighted by atomic mass is 79.9. The highest BCUT2D eigenvalue weighted by Gasteiger charge is 2.47. The van der Waals surface area contributed by atoms with Gasteiger partial charge in [0, 0.05) is 15.9 Å². The van der Waals surface area contributed by atoms with Gasteiger partial charge in [0.25, 0.3) is 0 Å². The summed E-state index contributed by atoms with van der Waals surface area (Å²) in [5.41, 5.74) is 0. The van der Waals surface area contributed by atoms with Gasteiger partial charge in [0.2, 0.25) is 15.6 Å². The van der Waals surface area contributed by atoms with Gasteiger partial charge in [-0.3, -0.25) is 4.98 Å². The van der Waals surface area contributed by atoms with Crippen LogP contribution in [0.5, 0.6) is 0 Å². The molecule has 0 aliphatic carbocycles. The van der Waals surface area contributed by atoms with Crippen molar-refractivity contribution in [3.05, 3.63) is 35.0 Å². The average Bonchev–Trinajstić information content (AvgIpc) is 2.68. The maximum Gasteiger partial charge on any atom is 0.238 e. The molecule has 0 radical (unpaired) electrons. The molecule has 1 aromatic heterocycles. The van der Waals surface area contributed by atoms with Gasteiger partial charge in [-0.15, -0.1) is 0 Å². The zero-order valence-corrected chi connectivity index (χ0v) is 14.7. The maximum absolute atomic E-state index is 6.23. The van der Waals surface area contributed by atoms with Crippen molar-refractivity contribution in [2.75, 3.05) is 7.05 Å². The summed E-state index contributed by atoms with van der Waals surface area (Å²) in [6.45, 7) is 0. The van der Waals surface area contributed by atoms with E-state index in [1.165, 1.54) is 0 Å². The first kappa shape index (κ1) is 15.3. The van der Waals surface area contributed by atoms with Crippen LogP contribution in [0.2, 0.25) is 15.2 Å². The van der Waals surface area contributed by atoms with E-state index >= 15 is 0 Å². The molecule has 0 amide bonds. The molecule has 0 spiro atoms. The summed E-state index contributed by atoms with van der Waals surface area (Å²) in [5.74, 6) is 0.470. The van der Waals surface area contributed by atoms with Gasteiger partial charge in [0.15, 0.2) is 0 Å². The number of hydrogen-bond donors (Lipinski definition) is 1. The van der Waals surface area contributed by atoms with E-state index in [0.29, 0.717) is 15.5 Å². The summed E-state index contributed by atoms with van der Waals surface area (Å²) < 4.78 is 0.473. The monoisotopic (exact) mass is 429 g/mol. The van der Waals surface area contributed by atoms with Crippen LogP contribution in [0.1, 0.15) is 0 Å². The lowest BCUT2D eigenvalue weighted by Crippen LogP contribution is -2.38. The van der Waals surface area contributed by atoms with Crippen molar-refractivity contribution < 1.29 is 0 Å². The number of nitrogens with one attached hydrogen (secondary N) is 1. The SMILES string of the molecule is C[N+]1(c2[nH]c(Cl)c(Cl)c2Cl)C(Cl)=C(Cl)C(Cl)=C1Br. The van der Waals surface area contributed by atoms with Crippen molar-refractivity contribution in [3.8, 4) is 0 Å². The fourth-order valence-corrected chi connectivity index (χ4v) is 3.86. The number of H-pyrrole nitrogens is 1. The quantitative estimate of drug-likeness (QED) is 0.392. The van der Waals surface area contributed by atoms with Crippen LogP contribution in [0.25, 0.3) is 0 Å². The normalized spacial score (nSPS) is 24.4. The van der Waals surface area contributed by atoms with Crippen LogP contribution in [0.4, 0.5) is 5.82 Å². The molecule has 2 nitrogen and oxygen atoms in total. The molecule has 1 N–H and O–H groups in total. The van der Waals surface area contributed by atoms with E-state index in [0.717, 1.165) is 0 Å². The van der Waals surface area contributed by atoms with Gasteiger partial charge >= 0.3 is 0 Å². The highest BCUT2D eigenvalue weighted by molar-refractivity contribution is 9.11. The standard InChI is InChI=1S/C9H4BrCl6N2/c1-18(6(10)2(11)4(13)8(18)16)9-5(14)3(12)7(15)17-9/h17H,1H3/q+1. The molecule has 0 aromatic carbocycles. The molecule has 2 heterocycles. The van der Waals surface area contributed by atoms with Crippen molar-refractivity contribution >= 4 is 91.4 Å². The topological polar surface area (TPSA) is 15.8 Å². The van der Waals surface area contributed by atoms with Crippen molar-refractivity contribution in [2.45, 2.75) is 0 Å². The third-order valence-electron chi connectivity index (χ3n) is 2.61. The van der Waals surface area contributed by atoms with Gasteiger partial charge in [-0.05, 0) is 11.6 Å². The molecule has 98 valence electrons. The first-order valence-electron chi connectivity index (χ1n) is 4.44. The smallest absolute Gasteiger partial charge is 0.238 e. The molecule has 1 unspecified atom stereocenters. The van der Waals surface area contributed by atoms with Crippen molar-refractivity contribution in [1.82, 2.24) is 9.47 Å². The molecule has 1 aliphatic rings. The van der Waals surface area contributed by atoms with E-state index in [1.54, 1.807) is 7.05 Å². The Kier molecular flexibility index (Phi) is 4.30. The Morgan fingerprint density at radius 2 is 1.50 bits per heavy atom. The minimum atomic E-state index is -0.0650. The predicted molar refractivity (Wildman–Crippen MR) is 84.1 cm³/mol. The highest BCUT2D eigenvalue weighted by Crippen LogP contribution is 2.53. The molecule has 18 heavy (non-hydrogen) atoms. The van der Waals surface area contributed by atoms with Crippen molar-refractivity contribution in [3.63, 3.8) is 0 Å². The molecule has 0 saturated heterocycles. The first-order valence-corrected chi connectivity index (χ1v) is 7.50. The van der Waals surface area contributed by atoms with Gasteiger partial charge in [0.1, 0.15) is 25.3 Å². The Balaban J connectivity index is 2.74. The Bertz CT molecular complexity index is 578. The number of nitrogens with zero attached hydrogens (tertiary/aromatic N) is 1. The molecule has 1 aliphatic heterocycles. The maximum atomic E-state index is 6.23. The molecular formula is C9H4BrCl6N2+. The van der Waals surface area contributed by atoms with E-state index in [9.17, 15) is 0 Å². The van der Waals surface area contributed by atoms with E-state index in [2.05, 4.69) is 20.9 Å². The Labute approximate surface area is 142 Å². The van der Waals surface area contributed by atoms with Crippen LogP contribution in [0.3, 0.4) is 0 Å². The number of hydrogen-bond acceptors (Lipinski definition) is 0. The fraction of sp³-hybridized carbons (Fsp3) is 0.111. The number of allylic oxidation sites excluding steroid dienone is 2. The van der Waals surface area contributed by atoms with E-state index < -0.39 is 0 Å². The van der Waals surface area contributed by atoms with Crippen LogP contribution in [-0.4, -0.2) is 12.0 Å². The summed E-state index contributed by atoms with van der Waals surface area (Å²) in [5, 5.41) is 1.53. The van der Waals surface area contributed by atoms with E-state index in [-0.39, 0.29) is 29.9 Å². The second-order valence-electron chi connectivity index (χ2n) is 3.63. The second kappa shape index (κ2) is 5.05. The third-order valence-corrected chi connectivity index (χ3v) is 6.62. The lowest BCUT2D eigenvalue weighted by atomic mass is 10.5. The number of halogens is 7. The van der Waals surface area contributed by atoms with Gasteiger partial charge in [-0.1, -0.05) is 58.0 Å². The summed E-state index contributed by atoms with van der Waals surface area (Å²) in [7, 11) is 1.74. The molecule has 0 saturated carbocycles. The lowest BCUT2D eigenvalue weighted by Gasteiger charge is -2.26. The first-order chi connectivity index (χ1) is 8.22. The Morgan fingerprint density at radius 1 is 0.944 bits per heavy atom. The van der Waals surface area contributed by atoms with E-state index in [4.69, 9.17) is 69.6 Å². The van der Waals surface area contributed by atoms with Crippen LogP contribution in [-0.2, 0) is 0 Å². The van der Waals surface area contributed by atoms with Gasteiger partial charge in [0.05, 0.1) is 7.05 Å². The van der Waals surface area contributed by atoms with Gasteiger partial charge in [-0.2, -0.15) is 4.48 Å². The zero-order valence-electron chi connectivity index (χ0n) is 8.59. The molecule has 1 aromatic rings. The van der Waals surface area contributed by atoms with Crippen LogP contribution in [0.15, 0.2) is 19.8 Å². The summed E-state index contributed by atoms with van der Waals surface area (Å²) >= 11 is 39.7. The number of aromatic amines is 1. The van der Waals surface area contributed by atoms with Gasteiger partial charge in [-0.25, -0.2) is 0 Å². The average molecular weight is 433 g/mol. The van der Waals surface area contributed by atoms with Crippen LogP contribution in [0, 0.1) is 0 Å². The van der Waals surface area contributed by atoms with Gasteiger partial charge < -0.3 is 0 Å².